The molecule has 0 saturated carbocycles. The van der Waals surface area contributed by atoms with E-state index in [1.54, 1.807) is 12.3 Å². The summed E-state index contributed by atoms with van der Waals surface area (Å²) in [6.45, 7) is 0.390. The zero-order valence-electron chi connectivity index (χ0n) is 7.87. The number of aromatic amines is 1. The first-order valence-electron chi connectivity index (χ1n) is 4.34. The summed E-state index contributed by atoms with van der Waals surface area (Å²) < 4.78 is 5.02. The third kappa shape index (κ3) is 1.12. The SMILES string of the molecule is COc1ccc2[nH]cc(CN)c2c1O. The van der Waals surface area contributed by atoms with Gasteiger partial charge < -0.3 is 20.6 Å². The predicted octanol–water partition coefficient (Wildman–Crippen LogP) is 1.34. The van der Waals surface area contributed by atoms with Crippen LogP contribution in [0.1, 0.15) is 5.56 Å². The molecule has 0 radical (unpaired) electrons. The van der Waals surface area contributed by atoms with Gasteiger partial charge in [-0.3, -0.25) is 0 Å². The summed E-state index contributed by atoms with van der Waals surface area (Å²) in [6, 6.07) is 3.57. The maximum Gasteiger partial charge on any atom is 0.167 e. The molecule has 0 unspecified atom stereocenters. The Labute approximate surface area is 81.3 Å². The van der Waals surface area contributed by atoms with Crippen LogP contribution in [0.25, 0.3) is 10.9 Å². The van der Waals surface area contributed by atoms with Crippen LogP contribution in [0.5, 0.6) is 11.5 Å². The fourth-order valence-electron chi connectivity index (χ4n) is 1.58. The van der Waals surface area contributed by atoms with E-state index in [1.807, 2.05) is 6.07 Å². The van der Waals surface area contributed by atoms with Crippen molar-refractivity contribution >= 4 is 10.9 Å². The van der Waals surface area contributed by atoms with Crippen LogP contribution in [-0.2, 0) is 6.54 Å². The molecule has 4 N–H and O–H groups in total. The zero-order valence-corrected chi connectivity index (χ0v) is 7.87. The van der Waals surface area contributed by atoms with E-state index in [1.165, 1.54) is 7.11 Å². The van der Waals surface area contributed by atoms with Crippen molar-refractivity contribution < 1.29 is 9.84 Å². The second-order valence-electron chi connectivity index (χ2n) is 3.06. The van der Waals surface area contributed by atoms with Crippen LogP contribution in [-0.4, -0.2) is 17.2 Å². The fraction of sp³-hybridized carbons (Fsp3) is 0.200. The summed E-state index contributed by atoms with van der Waals surface area (Å²) in [5, 5.41) is 10.6. The van der Waals surface area contributed by atoms with E-state index in [-0.39, 0.29) is 5.75 Å². The molecule has 0 aliphatic carbocycles. The fourth-order valence-corrected chi connectivity index (χ4v) is 1.58. The normalized spacial score (nSPS) is 10.7. The smallest absolute Gasteiger partial charge is 0.167 e. The molecule has 0 atom stereocenters. The van der Waals surface area contributed by atoms with Gasteiger partial charge in [0.15, 0.2) is 11.5 Å². The first-order valence-corrected chi connectivity index (χ1v) is 4.34. The molecule has 0 spiro atoms. The highest BCUT2D eigenvalue weighted by atomic mass is 16.5. The highest BCUT2D eigenvalue weighted by molar-refractivity contribution is 5.91. The number of ether oxygens (including phenoxy) is 1. The van der Waals surface area contributed by atoms with Crippen molar-refractivity contribution in [1.29, 1.82) is 0 Å². The van der Waals surface area contributed by atoms with Crippen molar-refractivity contribution in [2.45, 2.75) is 6.54 Å². The first kappa shape index (κ1) is 8.90. The lowest BCUT2D eigenvalue weighted by molar-refractivity contribution is 0.376. The van der Waals surface area contributed by atoms with E-state index >= 15 is 0 Å². The second kappa shape index (κ2) is 3.23. The number of rotatable bonds is 2. The topological polar surface area (TPSA) is 71.3 Å². The monoisotopic (exact) mass is 192 g/mol. The maximum absolute atomic E-state index is 9.85. The van der Waals surface area contributed by atoms with Gasteiger partial charge in [-0.05, 0) is 17.7 Å². The predicted molar refractivity (Wildman–Crippen MR) is 54.4 cm³/mol. The van der Waals surface area contributed by atoms with Crippen molar-refractivity contribution in [1.82, 2.24) is 4.98 Å². The van der Waals surface area contributed by atoms with Crippen molar-refractivity contribution in [2.75, 3.05) is 7.11 Å². The molecule has 74 valence electrons. The summed E-state index contributed by atoms with van der Waals surface area (Å²) in [7, 11) is 1.52. The molecule has 1 heterocycles. The average Bonchev–Trinajstić information content (AvgIpc) is 2.62. The summed E-state index contributed by atoms with van der Waals surface area (Å²) in [4.78, 5) is 3.04. The molecule has 2 aromatic rings. The first-order chi connectivity index (χ1) is 6.77. The van der Waals surface area contributed by atoms with Gasteiger partial charge in [0.2, 0.25) is 0 Å². The molecule has 1 aromatic carbocycles. The van der Waals surface area contributed by atoms with Gasteiger partial charge in [0, 0.05) is 23.6 Å². The van der Waals surface area contributed by atoms with Crippen LogP contribution in [0, 0.1) is 0 Å². The standard InChI is InChI=1S/C10H12N2O2/c1-14-8-3-2-7-9(10(8)13)6(4-11)5-12-7/h2-3,5,12-13H,4,11H2,1H3. The average molecular weight is 192 g/mol. The summed E-state index contributed by atoms with van der Waals surface area (Å²) in [6.07, 6.45) is 1.80. The third-order valence-electron chi connectivity index (χ3n) is 2.30. The number of hydrogen-bond donors (Lipinski definition) is 3. The lowest BCUT2D eigenvalue weighted by Gasteiger charge is -2.04. The van der Waals surface area contributed by atoms with Crippen LogP contribution in [0.15, 0.2) is 18.3 Å². The number of hydrogen-bond acceptors (Lipinski definition) is 3. The van der Waals surface area contributed by atoms with E-state index in [0.717, 1.165) is 16.5 Å². The lowest BCUT2D eigenvalue weighted by Crippen LogP contribution is -1.94. The van der Waals surface area contributed by atoms with Gasteiger partial charge in [0.25, 0.3) is 0 Å². The zero-order chi connectivity index (χ0) is 10.1. The molecule has 0 aliphatic heterocycles. The third-order valence-corrected chi connectivity index (χ3v) is 2.30. The number of benzene rings is 1. The molecule has 1 aromatic heterocycles. The van der Waals surface area contributed by atoms with Gasteiger partial charge in [0.1, 0.15) is 0 Å². The highest BCUT2D eigenvalue weighted by Crippen LogP contribution is 2.35. The second-order valence-corrected chi connectivity index (χ2v) is 3.06. The van der Waals surface area contributed by atoms with Crippen molar-refractivity contribution in [3.8, 4) is 11.5 Å². The lowest BCUT2D eigenvalue weighted by atomic mass is 10.1. The number of phenolic OH excluding ortho intramolecular Hbond substituents is 1. The van der Waals surface area contributed by atoms with Crippen molar-refractivity contribution in [2.24, 2.45) is 5.73 Å². The Morgan fingerprint density at radius 2 is 2.29 bits per heavy atom. The van der Waals surface area contributed by atoms with Gasteiger partial charge in [-0.2, -0.15) is 0 Å². The molecule has 0 bridgehead atoms. The minimum atomic E-state index is 0.145. The highest BCUT2D eigenvalue weighted by Gasteiger charge is 2.11. The Kier molecular flexibility index (Phi) is 2.05. The number of nitrogens with one attached hydrogen (secondary N) is 1. The summed E-state index contributed by atoms with van der Waals surface area (Å²) in [5.74, 6) is 0.610. The number of phenols is 1. The summed E-state index contributed by atoms with van der Waals surface area (Å²) >= 11 is 0. The Morgan fingerprint density at radius 3 is 2.93 bits per heavy atom. The summed E-state index contributed by atoms with van der Waals surface area (Å²) in [5.41, 5.74) is 7.30. The number of methoxy groups -OCH3 is 1. The molecule has 2 rings (SSSR count). The molecule has 0 aliphatic rings. The van der Waals surface area contributed by atoms with E-state index in [4.69, 9.17) is 10.5 Å². The van der Waals surface area contributed by atoms with Gasteiger partial charge in [-0.1, -0.05) is 0 Å². The number of nitrogens with two attached hydrogens (primary N) is 1. The van der Waals surface area contributed by atoms with E-state index in [2.05, 4.69) is 4.98 Å². The number of aromatic nitrogens is 1. The Balaban J connectivity index is 2.77. The Hall–Kier alpha value is -1.68. The molecule has 0 saturated heterocycles. The van der Waals surface area contributed by atoms with Gasteiger partial charge in [-0.15, -0.1) is 0 Å². The van der Waals surface area contributed by atoms with E-state index in [0.29, 0.717) is 12.3 Å². The van der Waals surface area contributed by atoms with Gasteiger partial charge in [-0.25, -0.2) is 0 Å². The van der Waals surface area contributed by atoms with Crippen LogP contribution in [0.3, 0.4) is 0 Å². The number of fused-ring (bicyclic) bond motifs is 1. The van der Waals surface area contributed by atoms with Crippen LogP contribution < -0.4 is 10.5 Å². The van der Waals surface area contributed by atoms with Gasteiger partial charge in [0.05, 0.1) is 7.11 Å². The van der Waals surface area contributed by atoms with E-state index < -0.39 is 0 Å². The van der Waals surface area contributed by atoms with Crippen LogP contribution >= 0.6 is 0 Å². The Bertz CT molecular complexity index is 462. The van der Waals surface area contributed by atoms with Gasteiger partial charge >= 0.3 is 0 Å². The van der Waals surface area contributed by atoms with Crippen LogP contribution in [0.4, 0.5) is 0 Å². The number of aromatic hydroxyl groups is 1. The molecular weight excluding hydrogens is 180 g/mol. The maximum atomic E-state index is 9.85. The van der Waals surface area contributed by atoms with Crippen molar-refractivity contribution in [3.63, 3.8) is 0 Å². The molecule has 14 heavy (non-hydrogen) atoms. The molecule has 0 fully saturated rings. The van der Waals surface area contributed by atoms with Crippen molar-refractivity contribution in [3.05, 3.63) is 23.9 Å². The minimum Gasteiger partial charge on any atom is -0.504 e. The number of H-pyrrole nitrogens is 1. The molecular formula is C10H12N2O2. The molecule has 4 nitrogen and oxygen atoms in total. The van der Waals surface area contributed by atoms with E-state index in [9.17, 15) is 5.11 Å². The minimum absolute atomic E-state index is 0.145. The largest absolute Gasteiger partial charge is 0.504 e. The molecule has 4 heteroatoms. The quantitative estimate of drug-likeness (QED) is 0.672. The molecule has 0 amide bonds. The Morgan fingerprint density at radius 1 is 1.50 bits per heavy atom. The van der Waals surface area contributed by atoms with Crippen LogP contribution in [0.2, 0.25) is 0 Å².